The lowest BCUT2D eigenvalue weighted by Gasteiger charge is -2.09. The highest BCUT2D eigenvalue weighted by atomic mass is 79.9. The number of anilines is 2. The van der Waals surface area contributed by atoms with Crippen LogP contribution >= 0.6 is 15.9 Å². The quantitative estimate of drug-likeness (QED) is 0.554. The molecule has 2 aromatic heterocycles. The molecule has 2 amide bonds. The number of rotatable bonds is 6. The Labute approximate surface area is 161 Å². The number of benzene rings is 1. The zero-order chi connectivity index (χ0) is 19.2. The number of halogens is 1. The third kappa shape index (κ3) is 5.08. The predicted octanol–water partition coefficient (Wildman–Crippen LogP) is 3.00. The number of aromatic amines is 1. The van der Waals surface area contributed by atoms with Gasteiger partial charge in [0.1, 0.15) is 11.4 Å². The molecule has 27 heavy (non-hydrogen) atoms. The van der Waals surface area contributed by atoms with E-state index in [0.717, 1.165) is 0 Å². The first-order chi connectivity index (χ1) is 13.0. The van der Waals surface area contributed by atoms with Gasteiger partial charge in [0, 0.05) is 22.4 Å². The molecule has 3 rings (SSSR count). The molecule has 0 spiro atoms. The summed E-state index contributed by atoms with van der Waals surface area (Å²) in [5.41, 5.74) is 0.171. The van der Waals surface area contributed by atoms with Gasteiger partial charge in [0.2, 0.25) is 0 Å². The number of amides is 2. The largest absolute Gasteiger partial charge is 0.484 e. The maximum Gasteiger partial charge on any atom is 0.291 e. The lowest BCUT2D eigenvalue weighted by Crippen LogP contribution is -2.24. The summed E-state index contributed by atoms with van der Waals surface area (Å²) in [4.78, 5) is 38.1. The van der Waals surface area contributed by atoms with E-state index in [2.05, 4.69) is 31.5 Å². The van der Waals surface area contributed by atoms with Gasteiger partial charge in [-0.2, -0.15) is 0 Å². The fourth-order valence-electron chi connectivity index (χ4n) is 2.15. The number of H-pyrrole nitrogens is 1. The predicted molar refractivity (Wildman–Crippen MR) is 102 cm³/mol. The summed E-state index contributed by atoms with van der Waals surface area (Å²) in [6, 6.07) is 11.2. The highest BCUT2D eigenvalue weighted by molar-refractivity contribution is 9.10. The monoisotopic (exact) mass is 431 g/mol. The molecule has 0 saturated carbocycles. The maximum atomic E-state index is 12.0. The number of ether oxygens (including phenoxy) is 1. The van der Waals surface area contributed by atoms with Crippen LogP contribution in [0.4, 0.5) is 11.4 Å². The molecular formula is C18H14BrN3O5. The van der Waals surface area contributed by atoms with Gasteiger partial charge in [0.15, 0.2) is 12.4 Å². The molecule has 0 aliphatic rings. The third-order valence-electron chi connectivity index (χ3n) is 3.35. The molecule has 0 unspecified atom stereocenters. The first-order valence-electron chi connectivity index (χ1n) is 7.77. The van der Waals surface area contributed by atoms with E-state index in [9.17, 15) is 14.4 Å². The van der Waals surface area contributed by atoms with Crippen LogP contribution in [0.3, 0.4) is 0 Å². The molecule has 138 valence electrons. The summed E-state index contributed by atoms with van der Waals surface area (Å²) in [5.74, 6) is -0.335. The van der Waals surface area contributed by atoms with E-state index in [0.29, 0.717) is 15.9 Å². The van der Waals surface area contributed by atoms with Crippen molar-refractivity contribution in [3.05, 3.63) is 75.5 Å². The van der Waals surface area contributed by atoms with Gasteiger partial charge in [-0.3, -0.25) is 14.4 Å². The summed E-state index contributed by atoms with van der Waals surface area (Å²) in [6.07, 6.45) is 2.88. The van der Waals surface area contributed by atoms with E-state index >= 15 is 0 Å². The van der Waals surface area contributed by atoms with E-state index in [1.54, 1.807) is 36.4 Å². The number of furan rings is 1. The van der Waals surface area contributed by atoms with Crippen molar-refractivity contribution in [2.24, 2.45) is 0 Å². The molecule has 9 heteroatoms. The van der Waals surface area contributed by atoms with Crippen LogP contribution in [-0.4, -0.2) is 23.4 Å². The van der Waals surface area contributed by atoms with Crippen molar-refractivity contribution in [3.8, 4) is 5.75 Å². The van der Waals surface area contributed by atoms with E-state index in [1.807, 2.05) is 0 Å². The van der Waals surface area contributed by atoms with Crippen molar-refractivity contribution in [2.45, 2.75) is 0 Å². The average molecular weight is 432 g/mol. The summed E-state index contributed by atoms with van der Waals surface area (Å²) in [7, 11) is 0. The minimum Gasteiger partial charge on any atom is -0.484 e. The van der Waals surface area contributed by atoms with Crippen molar-refractivity contribution in [2.75, 3.05) is 17.2 Å². The zero-order valence-corrected chi connectivity index (χ0v) is 15.4. The molecule has 0 bridgehead atoms. The molecule has 1 aromatic carbocycles. The number of hydrogen-bond donors (Lipinski definition) is 3. The van der Waals surface area contributed by atoms with Crippen LogP contribution in [0.15, 0.2) is 68.6 Å². The van der Waals surface area contributed by atoms with Crippen LogP contribution in [0, 0.1) is 0 Å². The van der Waals surface area contributed by atoms with Gasteiger partial charge >= 0.3 is 0 Å². The molecule has 8 nitrogen and oxygen atoms in total. The number of hydrogen-bond acceptors (Lipinski definition) is 5. The molecule has 0 aliphatic carbocycles. The van der Waals surface area contributed by atoms with Gasteiger partial charge < -0.3 is 24.8 Å². The van der Waals surface area contributed by atoms with E-state index < -0.39 is 17.4 Å². The molecule has 0 atom stereocenters. The van der Waals surface area contributed by atoms with E-state index in [4.69, 9.17) is 9.15 Å². The highest BCUT2D eigenvalue weighted by Crippen LogP contribution is 2.18. The van der Waals surface area contributed by atoms with Crippen molar-refractivity contribution >= 4 is 39.1 Å². The lowest BCUT2D eigenvalue weighted by atomic mass is 10.3. The Bertz CT molecular complexity index is 1010. The van der Waals surface area contributed by atoms with Crippen LogP contribution in [0.5, 0.6) is 5.75 Å². The fraction of sp³-hybridized carbons (Fsp3) is 0.0556. The van der Waals surface area contributed by atoms with Crippen LogP contribution in [0.25, 0.3) is 0 Å². The van der Waals surface area contributed by atoms with Crippen molar-refractivity contribution in [1.29, 1.82) is 0 Å². The molecular weight excluding hydrogens is 418 g/mol. The second-order valence-electron chi connectivity index (χ2n) is 5.36. The lowest BCUT2D eigenvalue weighted by molar-refractivity contribution is -0.118. The summed E-state index contributed by atoms with van der Waals surface area (Å²) < 4.78 is 11.1. The fourth-order valence-corrected chi connectivity index (χ4v) is 2.49. The minimum atomic E-state index is -0.497. The highest BCUT2D eigenvalue weighted by Gasteiger charge is 2.10. The normalized spacial score (nSPS) is 10.3. The third-order valence-corrected chi connectivity index (χ3v) is 3.81. The molecule has 0 saturated heterocycles. The van der Waals surface area contributed by atoms with Crippen LogP contribution in [0.2, 0.25) is 0 Å². The molecule has 3 aromatic rings. The van der Waals surface area contributed by atoms with E-state index in [1.165, 1.54) is 18.5 Å². The van der Waals surface area contributed by atoms with Gasteiger partial charge in [-0.15, -0.1) is 0 Å². The first kappa shape index (κ1) is 18.5. The van der Waals surface area contributed by atoms with Gasteiger partial charge in [-0.05, 0) is 46.3 Å². The number of nitrogens with one attached hydrogen (secondary N) is 3. The Morgan fingerprint density at radius 3 is 2.78 bits per heavy atom. The Morgan fingerprint density at radius 2 is 2.00 bits per heavy atom. The average Bonchev–Trinajstić information content (AvgIpc) is 3.18. The van der Waals surface area contributed by atoms with Crippen LogP contribution in [0.1, 0.15) is 10.6 Å². The Balaban J connectivity index is 1.58. The Hall–Kier alpha value is -3.33. The van der Waals surface area contributed by atoms with E-state index in [-0.39, 0.29) is 18.1 Å². The number of carbonyl (C=O) groups is 2. The molecule has 0 radical (unpaired) electrons. The zero-order valence-electron chi connectivity index (χ0n) is 13.8. The molecule has 0 aliphatic heterocycles. The summed E-state index contributed by atoms with van der Waals surface area (Å²) in [5, 5.41) is 5.13. The maximum absolute atomic E-state index is 12.0. The van der Waals surface area contributed by atoms with Gasteiger partial charge in [0.05, 0.1) is 6.26 Å². The number of pyridine rings is 1. The Kier molecular flexibility index (Phi) is 5.72. The molecule has 0 fully saturated rings. The van der Waals surface area contributed by atoms with Crippen molar-refractivity contribution in [3.63, 3.8) is 0 Å². The topological polar surface area (TPSA) is 113 Å². The molecule has 3 N–H and O–H groups in total. The number of aromatic nitrogens is 1. The smallest absolute Gasteiger partial charge is 0.291 e. The van der Waals surface area contributed by atoms with Crippen LogP contribution < -0.4 is 20.9 Å². The SMILES string of the molecule is O=C(COc1cccc(NC(=O)c2ccco2)c1)Nc1cc(Br)c[nH]c1=O. The molecule has 2 heterocycles. The summed E-state index contributed by atoms with van der Waals surface area (Å²) in [6.45, 7) is -0.304. The van der Waals surface area contributed by atoms with Crippen molar-refractivity contribution in [1.82, 2.24) is 4.98 Å². The van der Waals surface area contributed by atoms with Gasteiger partial charge in [-0.25, -0.2) is 0 Å². The summed E-state index contributed by atoms with van der Waals surface area (Å²) >= 11 is 3.21. The number of carbonyl (C=O) groups excluding carboxylic acids is 2. The van der Waals surface area contributed by atoms with Crippen molar-refractivity contribution < 1.29 is 18.7 Å². The second-order valence-corrected chi connectivity index (χ2v) is 6.27. The van der Waals surface area contributed by atoms with Crippen LogP contribution in [-0.2, 0) is 4.79 Å². The standard InChI is InChI=1S/C18H14BrN3O5/c19-11-7-14(17(24)20-9-11)22-16(23)10-27-13-4-1-3-12(8-13)21-18(25)15-5-2-6-26-15/h1-9H,10H2,(H,20,24)(H,21,25)(H,22,23). The second kappa shape index (κ2) is 8.37. The Morgan fingerprint density at radius 1 is 1.15 bits per heavy atom. The first-order valence-corrected chi connectivity index (χ1v) is 8.56. The van der Waals surface area contributed by atoms with Gasteiger partial charge in [-0.1, -0.05) is 6.07 Å². The minimum absolute atomic E-state index is 0.109. The van der Waals surface area contributed by atoms with Gasteiger partial charge in [0.25, 0.3) is 17.4 Å².